The Morgan fingerprint density at radius 2 is 2.06 bits per heavy atom. The van der Waals surface area contributed by atoms with E-state index in [4.69, 9.17) is 10.2 Å². The number of aliphatic hydroxyl groups is 1. The maximum absolute atomic E-state index is 9.54. The van der Waals surface area contributed by atoms with Gasteiger partial charge in [-0.05, 0) is 13.1 Å². The fraction of sp³-hybridized carbons (Fsp3) is 0.636. The van der Waals surface area contributed by atoms with E-state index in [2.05, 4.69) is 16.8 Å². The molecular formula is C11H19N3O2. The molecule has 0 aliphatic carbocycles. The second-order valence-electron chi connectivity index (χ2n) is 4.22. The topological polar surface area (TPSA) is 65.9 Å². The number of likely N-dealkylation sites (N-methyl/N-ethyl adjacent to an activating group) is 1. The predicted octanol–water partition coefficient (Wildman–Crippen LogP) is 0.0235. The molecule has 90 valence electrons. The van der Waals surface area contributed by atoms with Crippen LogP contribution in [-0.4, -0.2) is 49.8 Å². The number of nitrogens with zero attached hydrogens (tertiary/aromatic N) is 2. The molecular weight excluding hydrogens is 206 g/mol. The molecule has 0 bridgehead atoms. The summed E-state index contributed by atoms with van der Waals surface area (Å²) >= 11 is 0. The Morgan fingerprint density at radius 1 is 1.38 bits per heavy atom. The molecule has 0 aromatic carbocycles. The van der Waals surface area contributed by atoms with Crippen LogP contribution < -0.4 is 10.6 Å². The number of furan rings is 1. The minimum Gasteiger partial charge on any atom is -0.443 e. The molecule has 1 aromatic rings. The minimum atomic E-state index is -0.693. The van der Waals surface area contributed by atoms with E-state index in [0.29, 0.717) is 5.76 Å². The average molecular weight is 225 g/mol. The van der Waals surface area contributed by atoms with E-state index in [1.165, 1.54) is 0 Å². The van der Waals surface area contributed by atoms with Crippen molar-refractivity contribution in [1.82, 2.24) is 4.90 Å². The van der Waals surface area contributed by atoms with Crippen LogP contribution in [0.5, 0.6) is 0 Å². The van der Waals surface area contributed by atoms with Crippen molar-refractivity contribution >= 4 is 5.88 Å². The normalized spacial score (nSPS) is 20.1. The summed E-state index contributed by atoms with van der Waals surface area (Å²) in [6, 6.07) is 3.70. The van der Waals surface area contributed by atoms with Gasteiger partial charge < -0.3 is 25.1 Å². The van der Waals surface area contributed by atoms with E-state index in [1.807, 2.05) is 6.07 Å². The first kappa shape index (κ1) is 11.4. The highest BCUT2D eigenvalue weighted by molar-refractivity contribution is 5.37. The molecule has 5 heteroatoms. The molecule has 3 N–H and O–H groups in total. The lowest BCUT2D eigenvalue weighted by Crippen LogP contribution is -2.44. The van der Waals surface area contributed by atoms with Crippen molar-refractivity contribution in [1.29, 1.82) is 0 Å². The summed E-state index contributed by atoms with van der Waals surface area (Å²) in [4.78, 5) is 4.47. The van der Waals surface area contributed by atoms with Crippen LogP contribution in [0.25, 0.3) is 0 Å². The van der Waals surface area contributed by atoms with E-state index >= 15 is 0 Å². The maximum Gasteiger partial charge on any atom is 0.195 e. The third kappa shape index (κ3) is 2.37. The zero-order chi connectivity index (χ0) is 11.5. The van der Waals surface area contributed by atoms with Gasteiger partial charge in [-0.15, -0.1) is 0 Å². The van der Waals surface area contributed by atoms with Gasteiger partial charge in [-0.1, -0.05) is 0 Å². The van der Waals surface area contributed by atoms with Gasteiger partial charge in [0.15, 0.2) is 5.88 Å². The maximum atomic E-state index is 9.54. The zero-order valence-electron chi connectivity index (χ0n) is 9.59. The highest BCUT2D eigenvalue weighted by Crippen LogP contribution is 2.23. The van der Waals surface area contributed by atoms with E-state index < -0.39 is 6.10 Å². The van der Waals surface area contributed by atoms with Gasteiger partial charge in [0.1, 0.15) is 11.9 Å². The number of anilines is 1. The molecule has 0 radical (unpaired) electrons. The first-order valence-corrected chi connectivity index (χ1v) is 5.62. The summed E-state index contributed by atoms with van der Waals surface area (Å²) in [5, 5.41) is 9.54. The molecule has 2 heterocycles. The van der Waals surface area contributed by atoms with Gasteiger partial charge in [-0.25, -0.2) is 0 Å². The van der Waals surface area contributed by atoms with Crippen LogP contribution in [0.15, 0.2) is 16.5 Å². The molecule has 0 spiro atoms. The van der Waals surface area contributed by atoms with Crippen molar-refractivity contribution in [3.8, 4) is 0 Å². The summed E-state index contributed by atoms with van der Waals surface area (Å²) in [7, 11) is 2.11. The van der Waals surface area contributed by atoms with Crippen LogP contribution in [0, 0.1) is 0 Å². The zero-order valence-corrected chi connectivity index (χ0v) is 9.59. The summed E-state index contributed by atoms with van der Waals surface area (Å²) in [6.45, 7) is 4.19. The third-order valence-electron chi connectivity index (χ3n) is 2.98. The largest absolute Gasteiger partial charge is 0.443 e. The Morgan fingerprint density at radius 3 is 2.69 bits per heavy atom. The standard InChI is InChI=1S/C11H19N3O2/c1-13-4-6-14(7-5-13)11-3-2-10(16-11)9(15)8-12/h2-3,9,15H,4-8,12H2,1H3. The molecule has 16 heavy (non-hydrogen) atoms. The van der Waals surface area contributed by atoms with Gasteiger partial charge in [0, 0.05) is 38.8 Å². The van der Waals surface area contributed by atoms with Gasteiger partial charge in [-0.3, -0.25) is 0 Å². The number of rotatable bonds is 3. The Kier molecular flexibility index (Phi) is 3.48. The summed E-state index contributed by atoms with van der Waals surface area (Å²) in [6.07, 6.45) is -0.693. The van der Waals surface area contributed by atoms with Crippen LogP contribution in [-0.2, 0) is 0 Å². The molecule has 0 amide bonds. The van der Waals surface area contributed by atoms with Crippen LogP contribution in [0.3, 0.4) is 0 Å². The molecule has 1 aromatic heterocycles. The Hall–Kier alpha value is -1.04. The van der Waals surface area contributed by atoms with Gasteiger partial charge >= 0.3 is 0 Å². The quantitative estimate of drug-likeness (QED) is 0.759. The average Bonchev–Trinajstić information content (AvgIpc) is 2.78. The van der Waals surface area contributed by atoms with Crippen LogP contribution >= 0.6 is 0 Å². The van der Waals surface area contributed by atoms with Crippen molar-refractivity contribution in [2.24, 2.45) is 5.73 Å². The molecule has 1 fully saturated rings. The van der Waals surface area contributed by atoms with E-state index in [9.17, 15) is 5.11 Å². The van der Waals surface area contributed by atoms with E-state index in [-0.39, 0.29) is 6.54 Å². The number of aliphatic hydroxyl groups excluding tert-OH is 1. The first-order chi connectivity index (χ1) is 7.70. The first-order valence-electron chi connectivity index (χ1n) is 5.62. The van der Waals surface area contributed by atoms with Gasteiger partial charge in [0.25, 0.3) is 0 Å². The Bertz CT molecular complexity index is 332. The van der Waals surface area contributed by atoms with Crippen LogP contribution in [0.2, 0.25) is 0 Å². The van der Waals surface area contributed by atoms with Crippen LogP contribution in [0.1, 0.15) is 11.9 Å². The van der Waals surface area contributed by atoms with Crippen molar-refractivity contribution in [2.75, 3.05) is 44.7 Å². The molecule has 1 aliphatic heterocycles. The fourth-order valence-electron chi connectivity index (χ4n) is 1.83. The predicted molar refractivity (Wildman–Crippen MR) is 62.4 cm³/mol. The molecule has 1 unspecified atom stereocenters. The minimum absolute atomic E-state index is 0.190. The molecule has 1 saturated heterocycles. The number of hydrogen-bond acceptors (Lipinski definition) is 5. The lowest BCUT2D eigenvalue weighted by molar-refractivity contribution is 0.158. The smallest absolute Gasteiger partial charge is 0.195 e. The molecule has 2 rings (SSSR count). The third-order valence-corrected chi connectivity index (χ3v) is 2.98. The lowest BCUT2D eigenvalue weighted by atomic mass is 10.3. The second kappa shape index (κ2) is 4.86. The summed E-state index contributed by atoms with van der Waals surface area (Å²) in [5.41, 5.74) is 5.38. The molecule has 5 nitrogen and oxygen atoms in total. The van der Waals surface area contributed by atoms with Crippen molar-refractivity contribution in [3.63, 3.8) is 0 Å². The van der Waals surface area contributed by atoms with Gasteiger partial charge in [-0.2, -0.15) is 0 Å². The monoisotopic (exact) mass is 225 g/mol. The van der Waals surface area contributed by atoms with Crippen LogP contribution in [0.4, 0.5) is 5.88 Å². The van der Waals surface area contributed by atoms with Crippen molar-refractivity contribution in [3.05, 3.63) is 17.9 Å². The number of hydrogen-bond donors (Lipinski definition) is 2. The molecule has 0 saturated carbocycles. The fourth-order valence-corrected chi connectivity index (χ4v) is 1.83. The summed E-state index contributed by atoms with van der Waals surface area (Å²) in [5.74, 6) is 1.38. The highest BCUT2D eigenvalue weighted by Gasteiger charge is 2.18. The van der Waals surface area contributed by atoms with Crippen molar-refractivity contribution in [2.45, 2.75) is 6.10 Å². The highest BCUT2D eigenvalue weighted by atomic mass is 16.4. The summed E-state index contributed by atoms with van der Waals surface area (Å²) < 4.78 is 5.59. The Balaban J connectivity index is 2.01. The van der Waals surface area contributed by atoms with Gasteiger partial charge in [0.2, 0.25) is 0 Å². The van der Waals surface area contributed by atoms with E-state index in [0.717, 1.165) is 32.1 Å². The SMILES string of the molecule is CN1CCN(c2ccc(C(O)CN)o2)CC1. The number of nitrogens with two attached hydrogens (primary N) is 1. The van der Waals surface area contributed by atoms with E-state index in [1.54, 1.807) is 6.07 Å². The van der Waals surface area contributed by atoms with Gasteiger partial charge in [0.05, 0.1) is 0 Å². The molecule has 1 atom stereocenters. The van der Waals surface area contributed by atoms with Crippen molar-refractivity contribution < 1.29 is 9.52 Å². The Labute approximate surface area is 95.4 Å². The number of piperazine rings is 1. The molecule has 1 aliphatic rings. The second-order valence-corrected chi connectivity index (χ2v) is 4.22. The lowest BCUT2D eigenvalue weighted by Gasteiger charge is -2.32.